The van der Waals surface area contributed by atoms with Crippen molar-refractivity contribution in [1.82, 2.24) is 14.8 Å². The zero-order valence-electron chi connectivity index (χ0n) is 11.4. The van der Waals surface area contributed by atoms with Crippen molar-refractivity contribution < 1.29 is 4.74 Å². The minimum Gasteiger partial charge on any atom is -0.482 e. The number of H-pyrrole nitrogens is 1. The minimum atomic E-state index is -0.234. The minimum absolute atomic E-state index is 0.234. The first-order valence-electron chi connectivity index (χ1n) is 6.21. The largest absolute Gasteiger partial charge is 0.482 e. The fourth-order valence-electron chi connectivity index (χ4n) is 1.93. The molecule has 1 N–H and O–H groups in total. The summed E-state index contributed by atoms with van der Waals surface area (Å²) < 4.78 is 8.36. The van der Waals surface area contributed by atoms with Gasteiger partial charge >= 0.3 is 0 Å². The fraction of sp³-hybridized carbons (Fsp3) is 0.286. The number of hydrogen-bond acceptors (Lipinski definition) is 3. The highest BCUT2D eigenvalue weighted by molar-refractivity contribution is 7.71. The number of aryl methyl sites for hydroxylation is 1. The zero-order chi connectivity index (χ0) is 14.7. The Hall–Kier alpha value is -1.59. The van der Waals surface area contributed by atoms with Crippen LogP contribution in [0.5, 0.6) is 5.75 Å². The number of hydrogen-bond donors (Lipinski definition) is 1. The summed E-state index contributed by atoms with van der Waals surface area (Å²) in [4.78, 5) is 0. The lowest BCUT2D eigenvalue weighted by Crippen LogP contribution is -2.12. The Morgan fingerprint density at radius 1 is 1.60 bits per heavy atom. The van der Waals surface area contributed by atoms with Crippen LogP contribution in [0.1, 0.15) is 24.4 Å². The van der Waals surface area contributed by atoms with Gasteiger partial charge in [-0.25, -0.2) is 0 Å². The molecular formula is C14H16ClN3OS. The third kappa shape index (κ3) is 3.11. The van der Waals surface area contributed by atoms with E-state index in [2.05, 4.69) is 16.8 Å². The smallest absolute Gasteiger partial charge is 0.195 e. The number of aromatic nitrogens is 3. The van der Waals surface area contributed by atoms with E-state index < -0.39 is 0 Å². The van der Waals surface area contributed by atoms with E-state index in [-0.39, 0.29) is 6.10 Å². The van der Waals surface area contributed by atoms with E-state index in [1.807, 2.05) is 30.5 Å². The third-order valence-electron chi connectivity index (χ3n) is 2.90. The molecule has 6 heteroatoms. The van der Waals surface area contributed by atoms with E-state index in [0.29, 0.717) is 16.3 Å². The third-order valence-corrected chi connectivity index (χ3v) is 3.45. The van der Waals surface area contributed by atoms with Gasteiger partial charge in [-0.2, -0.15) is 5.10 Å². The lowest BCUT2D eigenvalue weighted by Gasteiger charge is -2.16. The van der Waals surface area contributed by atoms with Crippen molar-refractivity contribution in [2.45, 2.75) is 26.5 Å². The molecule has 0 bridgehead atoms. The second kappa shape index (κ2) is 6.24. The molecule has 0 radical (unpaired) electrons. The monoisotopic (exact) mass is 309 g/mol. The standard InChI is InChI=1S/C14H16ClN3OS/c1-4-7-18-13(16-17-14(18)20)10(3)19-12-6-5-11(15)8-9(12)2/h4-6,8,10H,1,7H2,2-3H3,(H,17,20). The molecule has 1 aromatic carbocycles. The number of nitrogens with one attached hydrogen (secondary N) is 1. The number of aromatic amines is 1. The molecule has 4 nitrogen and oxygen atoms in total. The van der Waals surface area contributed by atoms with Crippen molar-refractivity contribution >= 4 is 23.8 Å². The van der Waals surface area contributed by atoms with E-state index >= 15 is 0 Å². The average Bonchev–Trinajstić information content (AvgIpc) is 2.75. The summed E-state index contributed by atoms with van der Waals surface area (Å²) in [5, 5.41) is 7.70. The van der Waals surface area contributed by atoms with Crippen molar-refractivity contribution in [3.05, 3.63) is 52.0 Å². The van der Waals surface area contributed by atoms with Crippen LogP contribution in [0.15, 0.2) is 30.9 Å². The Bertz CT molecular complexity index is 677. The molecule has 0 aliphatic heterocycles. The van der Waals surface area contributed by atoms with Crippen LogP contribution in [-0.2, 0) is 6.54 Å². The highest BCUT2D eigenvalue weighted by atomic mass is 35.5. The Morgan fingerprint density at radius 2 is 2.35 bits per heavy atom. The molecule has 1 atom stereocenters. The molecule has 1 aromatic heterocycles. The maximum absolute atomic E-state index is 5.94. The highest BCUT2D eigenvalue weighted by Crippen LogP contribution is 2.26. The Balaban J connectivity index is 2.26. The molecule has 2 aromatic rings. The van der Waals surface area contributed by atoms with E-state index in [1.54, 1.807) is 12.1 Å². The van der Waals surface area contributed by atoms with Crippen LogP contribution < -0.4 is 4.74 Å². The first-order chi connectivity index (χ1) is 9.52. The lowest BCUT2D eigenvalue weighted by atomic mass is 10.2. The number of benzene rings is 1. The van der Waals surface area contributed by atoms with Gasteiger partial charge in [-0.1, -0.05) is 17.7 Å². The van der Waals surface area contributed by atoms with Crippen LogP contribution in [-0.4, -0.2) is 14.8 Å². The van der Waals surface area contributed by atoms with E-state index in [0.717, 1.165) is 17.1 Å². The van der Waals surface area contributed by atoms with Crippen LogP contribution in [0, 0.1) is 11.7 Å². The highest BCUT2D eigenvalue weighted by Gasteiger charge is 2.16. The molecule has 0 aliphatic rings. The van der Waals surface area contributed by atoms with Crippen LogP contribution in [0.4, 0.5) is 0 Å². The van der Waals surface area contributed by atoms with Crippen LogP contribution >= 0.6 is 23.8 Å². The first-order valence-corrected chi connectivity index (χ1v) is 7.00. The first kappa shape index (κ1) is 14.8. The summed E-state index contributed by atoms with van der Waals surface area (Å²) in [5.41, 5.74) is 0.980. The second-order valence-corrected chi connectivity index (χ2v) is 5.28. The normalized spacial score (nSPS) is 12.2. The molecule has 106 valence electrons. The predicted octanol–water partition coefficient (Wildman–Crippen LogP) is 4.23. The second-order valence-electron chi connectivity index (χ2n) is 4.46. The number of rotatable bonds is 5. The van der Waals surface area contributed by atoms with Gasteiger partial charge in [-0.3, -0.25) is 9.67 Å². The summed E-state index contributed by atoms with van der Waals surface area (Å²) in [6, 6.07) is 5.52. The summed E-state index contributed by atoms with van der Waals surface area (Å²) in [6.07, 6.45) is 1.54. The predicted molar refractivity (Wildman–Crippen MR) is 82.8 cm³/mol. The molecule has 0 saturated heterocycles. The van der Waals surface area contributed by atoms with Gasteiger partial charge in [-0.05, 0) is 49.8 Å². The van der Waals surface area contributed by atoms with Crippen molar-refractivity contribution in [1.29, 1.82) is 0 Å². The molecule has 2 rings (SSSR count). The Morgan fingerprint density at radius 3 is 3.00 bits per heavy atom. The summed E-state index contributed by atoms with van der Waals surface area (Å²) in [7, 11) is 0. The fourth-order valence-corrected chi connectivity index (χ4v) is 2.37. The maximum atomic E-state index is 5.94. The number of nitrogens with zero attached hydrogens (tertiary/aromatic N) is 2. The van der Waals surface area contributed by atoms with Gasteiger partial charge in [-0.15, -0.1) is 6.58 Å². The van der Waals surface area contributed by atoms with Gasteiger partial charge in [0.25, 0.3) is 0 Å². The number of halogens is 1. The topological polar surface area (TPSA) is 42.8 Å². The zero-order valence-corrected chi connectivity index (χ0v) is 13.0. The molecule has 0 saturated carbocycles. The molecule has 0 aliphatic carbocycles. The molecule has 0 spiro atoms. The van der Waals surface area contributed by atoms with Crippen LogP contribution in [0.2, 0.25) is 5.02 Å². The molecule has 0 amide bonds. The van der Waals surface area contributed by atoms with Crippen molar-refractivity contribution in [2.75, 3.05) is 0 Å². The van der Waals surface area contributed by atoms with Crippen LogP contribution in [0.25, 0.3) is 0 Å². The van der Waals surface area contributed by atoms with Gasteiger partial charge in [0.05, 0.1) is 0 Å². The molecular weight excluding hydrogens is 294 g/mol. The van der Waals surface area contributed by atoms with Crippen molar-refractivity contribution in [3.63, 3.8) is 0 Å². The Kier molecular flexibility index (Phi) is 4.62. The van der Waals surface area contributed by atoms with Gasteiger partial charge < -0.3 is 4.74 Å². The molecule has 20 heavy (non-hydrogen) atoms. The molecule has 1 heterocycles. The number of ether oxygens (including phenoxy) is 1. The van der Waals surface area contributed by atoms with Crippen molar-refractivity contribution in [2.24, 2.45) is 0 Å². The summed E-state index contributed by atoms with van der Waals surface area (Å²) in [5.74, 6) is 1.52. The molecule has 1 unspecified atom stereocenters. The van der Waals surface area contributed by atoms with Gasteiger partial charge in [0, 0.05) is 11.6 Å². The Labute approximate surface area is 128 Å². The van der Waals surface area contributed by atoms with E-state index in [4.69, 9.17) is 28.6 Å². The summed E-state index contributed by atoms with van der Waals surface area (Å²) >= 11 is 11.1. The van der Waals surface area contributed by atoms with E-state index in [9.17, 15) is 0 Å². The van der Waals surface area contributed by atoms with Gasteiger partial charge in [0.2, 0.25) is 0 Å². The van der Waals surface area contributed by atoms with Gasteiger partial charge in [0.15, 0.2) is 16.7 Å². The lowest BCUT2D eigenvalue weighted by molar-refractivity contribution is 0.210. The number of allylic oxidation sites excluding steroid dienone is 1. The SMILES string of the molecule is C=CCn1c(C(C)Oc2ccc(Cl)cc2C)n[nH]c1=S. The average molecular weight is 310 g/mol. The van der Waals surface area contributed by atoms with Crippen LogP contribution in [0.3, 0.4) is 0 Å². The van der Waals surface area contributed by atoms with E-state index in [1.165, 1.54) is 0 Å². The molecule has 0 fully saturated rings. The van der Waals surface area contributed by atoms with Gasteiger partial charge in [0.1, 0.15) is 5.75 Å². The quantitative estimate of drug-likeness (QED) is 0.664. The van der Waals surface area contributed by atoms with Crippen molar-refractivity contribution in [3.8, 4) is 5.75 Å². The summed E-state index contributed by atoms with van der Waals surface area (Å²) in [6.45, 7) is 8.20. The maximum Gasteiger partial charge on any atom is 0.195 e.